The first-order valence-corrected chi connectivity index (χ1v) is 7.52. The van der Waals surface area contributed by atoms with Crippen molar-refractivity contribution in [1.29, 1.82) is 0 Å². The number of nitrogens with one attached hydrogen (secondary N) is 2. The number of halogens is 1. The minimum Gasteiger partial charge on any atom is -0.450 e. The molecule has 0 bridgehead atoms. The maximum absolute atomic E-state index is 12.2. The molecule has 0 aliphatic heterocycles. The second kappa shape index (κ2) is 8.19. The third-order valence-corrected chi connectivity index (χ3v) is 3.22. The van der Waals surface area contributed by atoms with Crippen molar-refractivity contribution < 1.29 is 14.3 Å². The Kier molecular flexibility index (Phi) is 6.00. The fourth-order valence-electron chi connectivity index (χ4n) is 1.95. The van der Waals surface area contributed by atoms with Crippen molar-refractivity contribution >= 4 is 29.3 Å². The average molecular weight is 333 g/mol. The molecule has 0 spiro atoms. The first-order chi connectivity index (χ1) is 11.1. The molecule has 5 nitrogen and oxygen atoms in total. The molecule has 2 aromatic rings. The average Bonchev–Trinajstić information content (AvgIpc) is 2.53. The molecule has 0 aromatic heterocycles. The summed E-state index contributed by atoms with van der Waals surface area (Å²) in [6.45, 7) is 2.37. The normalized spacial score (nSPS) is 10.0. The van der Waals surface area contributed by atoms with Crippen molar-refractivity contribution in [3.63, 3.8) is 0 Å². The van der Waals surface area contributed by atoms with E-state index in [1.165, 1.54) is 0 Å². The Bertz CT molecular complexity index is 704. The summed E-state index contributed by atoms with van der Waals surface area (Å²) in [7, 11) is 0. The summed E-state index contributed by atoms with van der Waals surface area (Å²) in [6, 6.07) is 13.9. The highest BCUT2D eigenvalue weighted by atomic mass is 35.5. The summed E-state index contributed by atoms with van der Waals surface area (Å²) in [5.74, 6) is -0.238. The van der Waals surface area contributed by atoms with Crippen LogP contribution in [-0.2, 0) is 11.3 Å². The number of hydrogen-bond acceptors (Lipinski definition) is 3. The molecule has 0 fully saturated rings. The van der Waals surface area contributed by atoms with E-state index in [1.807, 2.05) is 12.1 Å². The molecule has 0 saturated heterocycles. The van der Waals surface area contributed by atoms with Gasteiger partial charge < -0.3 is 10.1 Å². The first kappa shape index (κ1) is 16.8. The number of carbonyl (C=O) groups is 2. The van der Waals surface area contributed by atoms with E-state index in [0.717, 1.165) is 5.56 Å². The van der Waals surface area contributed by atoms with Crippen LogP contribution in [0.15, 0.2) is 48.5 Å². The second-order valence-corrected chi connectivity index (χ2v) is 5.18. The fraction of sp³-hybridized carbons (Fsp3) is 0.176. The van der Waals surface area contributed by atoms with Crippen molar-refractivity contribution in [3.05, 3.63) is 64.7 Å². The fourth-order valence-corrected chi connectivity index (χ4v) is 2.17. The van der Waals surface area contributed by atoms with Gasteiger partial charge in [-0.3, -0.25) is 10.1 Å². The lowest BCUT2D eigenvalue weighted by atomic mass is 10.1. The van der Waals surface area contributed by atoms with Crippen LogP contribution in [0.2, 0.25) is 5.02 Å². The highest BCUT2D eigenvalue weighted by Gasteiger charge is 2.08. The van der Waals surface area contributed by atoms with Crippen LogP contribution in [0.3, 0.4) is 0 Å². The molecule has 23 heavy (non-hydrogen) atoms. The Morgan fingerprint density at radius 1 is 1.13 bits per heavy atom. The molecule has 0 saturated carbocycles. The quantitative estimate of drug-likeness (QED) is 0.874. The maximum atomic E-state index is 12.2. The van der Waals surface area contributed by atoms with Gasteiger partial charge in [-0.15, -0.1) is 0 Å². The van der Waals surface area contributed by atoms with Gasteiger partial charge in [0.25, 0.3) is 5.91 Å². The highest BCUT2D eigenvalue weighted by Crippen LogP contribution is 2.13. The van der Waals surface area contributed by atoms with Gasteiger partial charge >= 0.3 is 6.09 Å². The van der Waals surface area contributed by atoms with Gasteiger partial charge in [0.2, 0.25) is 0 Å². The van der Waals surface area contributed by atoms with E-state index in [4.69, 9.17) is 16.3 Å². The number of carbonyl (C=O) groups excluding carboxylic acids is 2. The monoisotopic (exact) mass is 332 g/mol. The van der Waals surface area contributed by atoms with Crippen LogP contribution in [0, 0.1) is 0 Å². The molecule has 2 rings (SSSR count). The van der Waals surface area contributed by atoms with Crippen molar-refractivity contribution in [3.8, 4) is 0 Å². The van der Waals surface area contributed by atoms with Gasteiger partial charge in [0.15, 0.2) is 0 Å². The third kappa shape index (κ3) is 5.30. The van der Waals surface area contributed by atoms with Gasteiger partial charge in [-0.25, -0.2) is 4.79 Å². The topological polar surface area (TPSA) is 67.4 Å². The van der Waals surface area contributed by atoms with E-state index >= 15 is 0 Å². The van der Waals surface area contributed by atoms with E-state index in [0.29, 0.717) is 22.8 Å². The zero-order valence-electron chi connectivity index (χ0n) is 12.6. The second-order valence-electron chi connectivity index (χ2n) is 4.74. The molecule has 2 N–H and O–H groups in total. The number of ether oxygens (including phenoxy) is 1. The lowest BCUT2D eigenvalue weighted by molar-refractivity contribution is 0.0950. The Hall–Kier alpha value is -2.53. The van der Waals surface area contributed by atoms with Crippen molar-refractivity contribution in [2.24, 2.45) is 0 Å². The summed E-state index contributed by atoms with van der Waals surface area (Å²) in [6.07, 6.45) is -0.552. The van der Waals surface area contributed by atoms with Gasteiger partial charge in [0, 0.05) is 22.8 Å². The molecular weight excluding hydrogens is 316 g/mol. The van der Waals surface area contributed by atoms with Gasteiger partial charge in [0.1, 0.15) is 0 Å². The summed E-state index contributed by atoms with van der Waals surface area (Å²) >= 11 is 5.91. The van der Waals surface area contributed by atoms with Crippen LogP contribution in [0.5, 0.6) is 0 Å². The van der Waals surface area contributed by atoms with Gasteiger partial charge in [0.05, 0.1) is 6.61 Å². The molecule has 120 valence electrons. The van der Waals surface area contributed by atoms with Crippen LogP contribution in [0.4, 0.5) is 10.5 Å². The lowest BCUT2D eigenvalue weighted by Gasteiger charge is -2.08. The van der Waals surface area contributed by atoms with Crippen LogP contribution < -0.4 is 10.6 Å². The molecule has 2 aromatic carbocycles. The molecular formula is C17H17ClN2O3. The van der Waals surface area contributed by atoms with Crippen LogP contribution in [0.1, 0.15) is 22.8 Å². The van der Waals surface area contributed by atoms with Crippen molar-refractivity contribution in [2.75, 3.05) is 11.9 Å². The van der Waals surface area contributed by atoms with E-state index < -0.39 is 6.09 Å². The summed E-state index contributed by atoms with van der Waals surface area (Å²) < 4.78 is 4.80. The zero-order chi connectivity index (χ0) is 16.7. The minimum atomic E-state index is -0.552. The first-order valence-electron chi connectivity index (χ1n) is 7.15. The Labute approximate surface area is 139 Å². The van der Waals surface area contributed by atoms with E-state index in [2.05, 4.69) is 10.6 Å². The molecule has 2 amide bonds. The molecule has 0 radical (unpaired) electrons. The van der Waals surface area contributed by atoms with Crippen LogP contribution in [-0.4, -0.2) is 18.6 Å². The number of anilines is 1. The van der Waals surface area contributed by atoms with Gasteiger partial charge in [-0.05, 0) is 42.8 Å². The summed E-state index contributed by atoms with van der Waals surface area (Å²) in [5, 5.41) is 5.99. The summed E-state index contributed by atoms with van der Waals surface area (Å²) in [5.41, 5.74) is 1.85. The Balaban J connectivity index is 1.98. The number of hydrogen-bond donors (Lipinski definition) is 2. The van der Waals surface area contributed by atoms with Crippen molar-refractivity contribution in [2.45, 2.75) is 13.5 Å². The maximum Gasteiger partial charge on any atom is 0.411 e. The number of benzene rings is 2. The highest BCUT2D eigenvalue weighted by molar-refractivity contribution is 6.30. The lowest BCUT2D eigenvalue weighted by Crippen LogP contribution is -2.23. The Morgan fingerprint density at radius 2 is 1.91 bits per heavy atom. The predicted molar refractivity (Wildman–Crippen MR) is 89.7 cm³/mol. The molecule has 0 heterocycles. The van der Waals surface area contributed by atoms with Crippen molar-refractivity contribution in [1.82, 2.24) is 5.32 Å². The van der Waals surface area contributed by atoms with Gasteiger partial charge in [-0.2, -0.15) is 0 Å². The SMILES string of the molecule is CCOC(=O)Nc1cccc(C(=O)NCc2cccc(Cl)c2)c1. The molecule has 0 aliphatic rings. The number of rotatable bonds is 5. The standard InChI is InChI=1S/C17H17ClN2O3/c1-2-23-17(22)20-15-8-4-6-13(10-15)16(21)19-11-12-5-3-7-14(18)9-12/h3-10H,2,11H2,1H3,(H,19,21)(H,20,22). The van der Waals surface area contributed by atoms with Crippen LogP contribution >= 0.6 is 11.6 Å². The smallest absolute Gasteiger partial charge is 0.411 e. The Morgan fingerprint density at radius 3 is 2.65 bits per heavy atom. The van der Waals surface area contributed by atoms with Gasteiger partial charge in [-0.1, -0.05) is 29.8 Å². The van der Waals surface area contributed by atoms with E-state index in [-0.39, 0.29) is 12.5 Å². The summed E-state index contributed by atoms with van der Waals surface area (Å²) in [4.78, 5) is 23.6. The largest absolute Gasteiger partial charge is 0.450 e. The minimum absolute atomic E-state index is 0.238. The zero-order valence-corrected chi connectivity index (χ0v) is 13.4. The predicted octanol–water partition coefficient (Wildman–Crippen LogP) is 3.84. The number of amides is 2. The molecule has 6 heteroatoms. The molecule has 0 unspecified atom stereocenters. The van der Waals surface area contributed by atoms with E-state index in [1.54, 1.807) is 43.3 Å². The van der Waals surface area contributed by atoms with E-state index in [9.17, 15) is 9.59 Å². The molecule has 0 aliphatic carbocycles. The van der Waals surface area contributed by atoms with Crippen LogP contribution in [0.25, 0.3) is 0 Å². The third-order valence-electron chi connectivity index (χ3n) is 2.99. The molecule has 0 atom stereocenters.